The van der Waals surface area contributed by atoms with Crippen LogP contribution in [0.1, 0.15) is 52.4 Å². The predicted molar refractivity (Wildman–Crippen MR) is 78.8 cm³/mol. The van der Waals surface area contributed by atoms with Crippen LogP contribution in [0.25, 0.3) is 0 Å². The van der Waals surface area contributed by atoms with E-state index >= 15 is 0 Å². The zero-order valence-corrected chi connectivity index (χ0v) is 12.5. The van der Waals surface area contributed by atoms with E-state index in [4.69, 9.17) is 0 Å². The number of nitrogens with zero attached hydrogens (tertiary/aromatic N) is 1. The lowest BCUT2D eigenvalue weighted by atomic mass is 10.2. The number of nitrogens with one attached hydrogen (secondary N) is 1. The van der Waals surface area contributed by atoms with Gasteiger partial charge in [-0.05, 0) is 75.9 Å². The van der Waals surface area contributed by atoms with Crippen molar-refractivity contribution >= 4 is 0 Å². The van der Waals surface area contributed by atoms with Gasteiger partial charge in [0.05, 0.1) is 0 Å². The van der Waals surface area contributed by atoms with Crippen LogP contribution in [0.2, 0.25) is 0 Å². The molecule has 0 aromatic rings. The minimum absolute atomic E-state index is 0.784. The van der Waals surface area contributed by atoms with Crippen molar-refractivity contribution in [2.75, 3.05) is 32.7 Å². The highest BCUT2D eigenvalue weighted by molar-refractivity contribution is 4.82. The Kier molecular flexibility index (Phi) is 5.97. The summed E-state index contributed by atoms with van der Waals surface area (Å²) in [5, 5.41) is 3.55. The summed E-state index contributed by atoms with van der Waals surface area (Å²) in [4.78, 5) is 2.76. The van der Waals surface area contributed by atoms with Gasteiger partial charge in [-0.25, -0.2) is 0 Å². The van der Waals surface area contributed by atoms with Gasteiger partial charge in [-0.15, -0.1) is 0 Å². The quantitative estimate of drug-likeness (QED) is 0.568. The molecule has 0 amide bonds. The smallest absolute Gasteiger partial charge is 0.000978 e. The fourth-order valence-electron chi connectivity index (χ4n) is 2.56. The molecule has 18 heavy (non-hydrogen) atoms. The van der Waals surface area contributed by atoms with Crippen LogP contribution in [-0.4, -0.2) is 37.6 Å². The van der Waals surface area contributed by atoms with Gasteiger partial charge in [0.2, 0.25) is 0 Å². The highest BCUT2D eigenvalue weighted by Crippen LogP contribution is 2.33. The normalized spacial score (nSPS) is 20.0. The van der Waals surface area contributed by atoms with Gasteiger partial charge < -0.3 is 10.2 Å². The van der Waals surface area contributed by atoms with Crippen molar-refractivity contribution in [1.29, 1.82) is 0 Å². The summed E-state index contributed by atoms with van der Waals surface area (Å²) in [5.41, 5.74) is 0. The van der Waals surface area contributed by atoms with Crippen molar-refractivity contribution < 1.29 is 0 Å². The van der Waals surface area contributed by atoms with E-state index in [0.29, 0.717) is 0 Å². The molecule has 0 radical (unpaired) electrons. The Bertz CT molecular complexity index is 205. The molecule has 0 saturated heterocycles. The molecule has 2 heteroatoms. The van der Waals surface area contributed by atoms with E-state index in [1.807, 2.05) is 0 Å². The van der Waals surface area contributed by atoms with Crippen molar-refractivity contribution in [2.24, 2.45) is 17.8 Å². The molecule has 0 aliphatic heterocycles. The maximum atomic E-state index is 3.55. The average Bonchev–Trinajstić information content (AvgIpc) is 3.18. The molecule has 2 fully saturated rings. The van der Waals surface area contributed by atoms with Crippen LogP contribution in [-0.2, 0) is 0 Å². The molecule has 0 aromatic carbocycles. The third-order valence-electron chi connectivity index (χ3n) is 4.06. The van der Waals surface area contributed by atoms with E-state index in [2.05, 4.69) is 24.1 Å². The maximum absolute atomic E-state index is 3.55. The molecule has 0 atom stereocenters. The van der Waals surface area contributed by atoms with E-state index in [0.717, 1.165) is 17.8 Å². The Labute approximate surface area is 114 Å². The monoisotopic (exact) mass is 252 g/mol. The summed E-state index contributed by atoms with van der Waals surface area (Å²) in [5.74, 6) is 2.90. The van der Waals surface area contributed by atoms with Crippen LogP contribution in [0.5, 0.6) is 0 Å². The van der Waals surface area contributed by atoms with Crippen molar-refractivity contribution in [3.05, 3.63) is 0 Å². The zero-order valence-electron chi connectivity index (χ0n) is 12.5. The van der Waals surface area contributed by atoms with Crippen LogP contribution >= 0.6 is 0 Å². The summed E-state index contributed by atoms with van der Waals surface area (Å²) < 4.78 is 0. The second-order valence-electron chi connectivity index (χ2n) is 6.95. The molecule has 1 N–H and O–H groups in total. The Hall–Kier alpha value is -0.0800. The first-order valence-electron chi connectivity index (χ1n) is 8.17. The van der Waals surface area contributed by atoms with Gasteiger partial charge in [-0.3, -0.25) is 0 Å². The van der Waals surface area contributed by atoms with Crippen LogP contribution in [0.4, 0.5) is 0 Å². The van der Waals surface area contributed by atoms with Crippen molar-refractivity contribution in [3.63, 3.8) is 0 Å². The predicted octanol–water partition coefficient (Wildman–Crippen LogP) is 3.13. The third kappa shape index (κ3) is 6.75. The van der Waals surface area contributed by atoms with Crippen molar-refractivity contribution in [2.45, 2.75) is 52.4 Å². The second kappa shape index (κ2) is 7.49. The SMILES string of the molecule is CC(C)CNCCCCN(CC1CC1)CC1CC1. The van der Waals surface area contributed by atoms with E-state index in [1.165, 1.54) is 71.2 Å². The second-order valence-corrected chi connectivity index (χ2v) is 6.95. The first kappa shape index (κ1) is 14.3. The van der Waals surface area contributed by atoms with Crippen molar-refractivity contribution in [1.82, 2.24) is 10.2 Å². The molecular formula is C16H32N2. The summed E-state index contributed by atoms with van der Waals surface area (Å²) in [6.07, 6.45) is 8.71. The fourth-order valence-corrected chi connectivity index (χ4v) is 2.56. The molecule has 0 unspecified atom stereocenters. The van der Waals surface area contributed by atoms with Crippen LogP contribution in [0.3, 0.4) is 0 Å². The molecule has 0 aromatic heterocycles. The highest BCUT2D eigenvalue weighted by Gasteiger charge is 2.28. The Balaban J connectivity index is 1.48. The highest BCUT2D eigenvalue weighted by atomic mass is 15.1. The Morgan fingerprint density at radius 2 is 1.61 bits per heavy atom. The van der Waals surface area contributed by atoms with Gasteiger partial charge in [0.15, 0.2) is 0 Å². The molecule has 0 bridgehead atoms. The van der Waals surface area contributed by atoms with E-state index in [9.17, 15) is 0 Å². The van der Waals surface area contributed by atoms with E-state index in [1.54, 1.807) is 0 Å². The number of unbranched alkanes of at least 4 members (excludes halogenated alkanes) is 1. The van der Waals surface area contributed by atoms with Crippen LogP contribution < -0.4 is 5.32 Å². The lowest BCUT2D eigenvalue weighted by Crippen LogP contribution is -2.30. The molecule has 2 saturated carbocycles. The van der Waals surface area contributed by atoms with E-state index in [-0.39, 0.29) is 0 Å². The molecule has 2 aliphatic carbocycles. The number of hydrogen-bond acceptors (Lipinski definition) is 2. The zero-order chi connectivity index (χ0) is 12.8. The Morgan fingerprint density at radius 1 is 1.00 bits per heavy atom. The third-order valence-corrected chi connectivity index (χ3v) is 4.06. The molecule has 106 valence electrons. The molecule has 0 heterocycles. The first-order valence-corrected chi connectivity index (χ1v) is 8.17. The first-order chi connectivity index (χ1) is 8.74. The summed E-state index contributed by atoms with van der Waals surface area (Å²) in [7, 11) is 0. The topological polar surface area (TPSA) is 15.3 Å². The molecule has 2 nitrogen and oxygen atoms in total. The van der Waals surface area contributed by atoms with Crippen molar-refractivity contribution in [3.8, 4) is 0 Å². The van der Waals surface area contributed by atoms with Gasteiger partial charge in [-0.1, -0.05) is 13.8 Å². The maximum Gasteiger partial charge on any atom is 0.000978 e. The minimum atomic E-state index is 0.784. The minimum Gasteiger partial charge on any atom is -0.316 e. The van der Waals surface area contributed by atoms with Gasteiger partial charge in [0.1, 0.15) is 0 Å². The van der Waals surface area contributed by atoms with Gasteiger partial charge >= 0.3 is 0 Å². The van der Waals surface area contributed by atoms with E-state index < -0.39 is 0 Å². The van der Waals surface area contributed by atoms with Gasteiger partial charge in [-0.2, -0.15) is 0 Å². The molecule has 2 rings (SSSR count). The van der Waals surface area contributed by atoms with Crippen LogP contribution in [0.15, 0.2) is 0 Å². The summed E-state index contributed by atoms with van der Waals surface area (Å²) >= 11 is 0. The standard InChI is InChI=1S/C16H32N2/c1-14(2)11-17-9-3-4-10-18(12-15-5-6-15)13-16-7-8-16/h14-17H,3-13H2,1-2H3. The van der Waals surface area contributed by atoms with Gasteiger partial charge in [0.25, 0.3) is 0 Å². The summed E-state index contributed by atoms with van der Waals surface area (Å²) in [6.45, 7) is 11.1. The van der Waals surface area contributed by atoms with Crippen LogP contribution in [0, 0.1) is 17.8 Å². The lowest BCUT2D eigenvalue weighted by molar-refractivity contribution is 0.247. The molecule has 2 aliphatic rings. The largest absolute Gasteiger partial charge is 0.316 e. The average molecular weight is 252 g/mol. The molecule has 0 spiro atoms. The number of hydrogen-bond donors (Lipinski definition) is 1. The fraction of sp³-hybridized carbons (Fsp3) is 1.00. The lowest BCUT2D eigenvalue weighted by Gasteiger charge is -2.22. The van der Waals surface area contributed by atoms with Gasteiger partial charge in [0, 0.05) is 13.1 Å². The summed E-state index contributed by atoms with van der Waals surface area (Å²) in [6, 6.07) is 0. The Morgan fingerprint density at radius 3 is 2.11 bits per heavy atom. The molecular weight excluding hydrogens is 220 g/mol. The number of rotatable bonds is 11.